The van der Waals surface area contributed by atoms with Crippen LogP contribution in [0.15, 0.2) is 58.8 Å². The van der Waals surface area contributed by atoms with Crippen LogP contribution in [0, 0.1) is 13.8 Å². The molecule has 0 radical (unpaired) electrons. The zero-order valence-electron chi connectivity index (χ0n) is 15.3. The van der Waals surface area contributed by atoms with Gasteiger partial charge in [-0.3, -0.25) is 0 Å². The number of nitrogens with one attached hydrogen (secondary N) is 1. The van der Waals surface area contributed by atoms with Gasteiger partial charge < -0.3 is 5.32 Å². The number of rotatable bonds is 4. The summed E-state index contributed by atoms with van der Waals surface area (Å²) in [7, 11) is -3.81. The quantitative estimate of drug-likeness (QED) is 0.521. The molecular formula is C20H18N4O2S2. The van der Waals surface area contributed by atoms with Gasteiger partial charge in [0.2, 0.25) is 10.0 Å². The maximum Gasteiger partial charge on any atom is 0.238 e. The second kappa shape index (κ2) is 6.97. The standard InChI is InChI=1S/C20H18N4O2S2/c1-12-8-9-15(10-17(12)28(21,25)26)24-19-18-16(14-6-4-3-5-7-14)11-27-20(18)23-13(2)22-19/h3-11H,1-2H3,(H2,21,25,26)(H,22,23,24). The summed E-state index contributed by atoms with van der Waals surface area (Å²) in [6, 6.07) is 15.1. The van der Waals surface area contributed by atoms with Crippen molar-refractivity contribution in [3.8, 4) is 11.1 Å². The van der Waals surface area contributed by atoms with Crippen LogP contribution in [0.5, 0.6) is 0 Å². The van der Waals surface area contributed by atoms with E-state index in [-0.39, 0.29) is 4.90 Å². The minimum atomic E-state index is -3.81. The molecule has 28 heavy (non-hydrogen) atoms. The lowest BCUT2D eigenvalue weighted by Gasteiger charge is -2.12. The SMILES string of the molecule is Cc1nc(Nc2ccc(C)c(S(N)(=O)=O)c2)c2c(-c3ccccc3)csc2n1. The Morgan fingerprint density at radius 1 is 1.04 bits per heavy atom. The maximum atomic E-state index is 11.8. The molecule has 0 aliphatic rings. The first kappa shape index (κ1) is 18.5. The van der Waals surface area contributed by atoms with Crippen molar-refractivity contribution < 1.29 is 8.42 Å². The molecule has 0 spiro atoms. The van der Waals surface area contributed by atoms with E-state index in [0.717, 1.165) is 21.3 Å². The zero-order valence-corrected chi connectivity index (χ0v) is 16.9. The minimum absolute atomic E-state index is 0.0909. The van der Waals surface area contributed by atoms with Gasteiger partial charge in [-0.15, -0.1) is 11.3 Å². The number of nitrogens with two attached hydrogens (primary N) is 1. The van der Waals surface area contributed by atoms with Crippen LogP contribution in [-0.2, 0) is 10.0 Å². The summed E-state index contributed by atoms with van der Waals surface area (Å²) in [5, 5.41) is 11.6. The van der Waals surface area contributed by atoms with Gasteiger partial charge >= 0.3 is 0 Å². The summed E-state index contributed by atoms with van der Waals surface area (Å²) in [6.07, 6.45) is 0. The number of primary sulfonamides is 1. The molecule has 0 atom stereocenters. The van der Waals surface area contributed by atoms with Gasteiger partial charge in [-0.1, -0.05) is 36.4 Å². The van der Waals surface area contributed by atoms with Crippen molar-refractivity contribution in [2.24, 2.45) is 5.14 Å². The molecule has 4 aromatic rings. The van der Waals surface area contributed by atoms with Gasteiger partial charge in [0.15, 0.2) is 0 Å². The number of nitrogens with zero attached hydrogens (tertiary/aromatic N) is 2. The summed E-state index contributed by atoms with van der Waals surface area (Å²) in [6.45, 7) is 3.54. The van der Waals surface area contributed by atoms with Crippen molar-refractivity contribution in [1.82, 2.24) is 9.97 Å². The number of aryl methyl sites for hydroxylation is 2. The molecule has 0 amide bonds. The molecule has 0 saturated carbocycles. The number of sulfonamides is 1. The normalized spacial score (nSPS) is 11.7. The fourth-order valence-electron chi connectivity index (χ4n) is 3.09. The molecule has 0 unspecified atom stereocenters. The fraction of sp³-hybridized carbons (Fsp3) is 0.100. The minimum Gasteiger partial charge on any atom is -0.340 e. The van der Waals surface area contributed by atoms with Gasteiger partial charge in [-0.2, -0.15) is 0 Å². The second-order valence-electron chi connectivity index (χ2n) is 6.47. The van der Waals surface area contributed by atoms with Crippen molar-refractivity contribution in [1.29, 1.82) is 0 Å². The van der Waals surface area contributed by atoms with E-state index < -0.39 is 10.0 Å². The number of benzene rings is 2. The van der Waals surface area contributed by atoms with E-state index in [1.807, 2.05) is 43.3 Å². The predicted molar refractivity (Wildman–Crippen MR) is 113 cm³/mol. The molecule has 2 aromatic heterocycles. The number of aromatic nitrogens is 2. The van der Waals surface area contributed by atoms with E-state index in [9.17, 15) is 8.42 Å². The first-order chi connectivity index (χ1) is 13.3. The van der Waals surface area contributed by atoms with Crippen LogP contribution in [0.1, 0.15) is 11.4 Å². The number of thiophene rings is 1. The van der Waals surface area contributed by atoms with Crippen molar-refractivity contribution in [3.05, 3.63) is 65.3 Å². The average Bonchev–Trinajstić information content (AvgIpc) is 3.07. The first-order valence-corrected chi connectivity index (χ1v) is 11.0. The third-order valence-corrected chi connectivity index (χ3v) is 6.31. The fourth-order valence-corrected chi connectivity index (χ4v) is 4.89. The topological polar surface area (TPSA) is 98.0 Å². The lowest BCUT2D eigenvalue weighted by molar-refractivity contribution is 0.597. The van der Waals surface area contributed by atoms with Gasteiger partial charge in [0.25, 0.3) is 0 Å². The highest BCUT2D eigenvalue weighted by molar-refractivity contribution is 7.89. The van der Waals surface area contributed by atoms with Crippen molar-refractivity contribution in [2.75, 3.05) is 5.32 Å². The smallest absolute Gasteiger partial charge is 0.238 e. The molecule has 6 nitrogen and oxygen atoms in total. The molecular weight excluding hydrogens is 392 g/mol. The van der Waals surface area contributed by atoms with Crippen LogP contribution < -0.4 is 10.5 Å². The summed E-state index contributed by atoms with van der Waals surface area (Å²) in [5.74, 6) is 1.27. The van der Waals surface area contributed by atoms with Crippen molar-refractivity contribution in [2.45, 2.75) is 18.7 Å². The van der Waals surface area contributed by atoms with Crippen LogP contribution >= 0.6 is 11.3 Å². The van der Waals surface area contributed by atoms with Gasteiger partial charge in [-0.05, 0) is 37.1 Å². The van der Waals surface area contributed by atoms with Gasteiger partial charge in [0.1, 0.15) is 16.5 Å². The van der Waals surface area contributed by atoms with Crippen LogP contribution in [-0.4, -0.2) is 18.4 Å². The van der Waals surface area contributed by atoms with Crippen molar-refractivity contribution >= 4 is 43.1 Å². The van der Waals surface area contributed by atoms with Gasteiger partial charge in [0, 0.05) is 16.6 Å². The van der Waals surface area contributed by atoms with E-state index in [0.29, 0.717) is 22.9 Å². The summed E-state index contributed by atoms with van der Waals surface area (Å²) >= 11 is 1.55. The number of hydrogen-bond donors (Lipinski definition) is 2. The Balaban J connectivity index is 1.87. The largest absolute Gasteiger partial charge is 0.340 e. The molecule has 3 N–H and O–H groups in total. The highest BCUT2D eigenvalue weighted by Crippen LogP contribution is 2.38. The summed E-state index contributed by atoms with van der Waals surface area (Å²) < 4.78 is 23.7. The lowest BCUT2D eigenvalue weighted by atomic mass is 10.1. The molecule has 2 aromatic carbocycles. The third-order valence-electron chi connectivity index (χ3n) is 4.39. The number of hydrogen-bond acceptors (Lipinski definition) is 6. The van der Waals surface area contributed by atoms with E-state index in [4.69, 9.17) is 5.14 Å². The Morgan fingerprint density at radius 3 is 2.50 bits per heavy atom. The molecule has 0 bridgehead atoms. The van der Waals surface area contributed by atoms with Crippen LogP contribution in [0.3, 0.4) is 0 Å². The summed E-state index contributed by atoms with van der Waals surface area (Å²) in [5.41, 5.74) is 3.29. The van der Waals surface area contributed by atoms with E-state index in [1.165, 1.54) is 6.07 Å². The highest BCUT2D eigenvalue weighted by Gasteiger charge is 2.16. The monoisotopic (exact) mass is 410 g/mol. The average molecular weight is 411 g/mol. The molecule has 0 fully saturated rings. The lowest BCUT2D eigenvalue weighted by Crippen LogP contribution is -2.14. The molecule has 0 saturated heterocycles. The highest BCUT2D eigenvalue weighted by atomic mass is 32.2. The molecule has 4 rings (SSSR count). The van der Waals surface area contributed by atoms with Crippen LogP contribution in [0.2, 0.25) is 0 Å². The first-order valence-electron chi connectivity index (χ1n) is 8.54. The molecule has 8 heteroatoms. The van der Waals surface area contributed by atoms with Crippen molar-refractivity contribution in [3.63, 3.8) is 0 Å². The Kier molecular flexibility index (Phi) is 4.62. The zero-order chi connectivity index (χ0) is 19.9. The Labute approximate surface area is 167 Å². The second-order valence-corrected chi connectivity index (χ2v) is 8.85. The third kappa shape index (κ3) is 3.49. The number of anilines is 2. The summed E-state index contributed by atoms with van der Waals surface area (Å²) in [4.78, 5) is 10.1. The Morgan fingerprint density at radius 2 is 1.79 bits per heavy atom. The molecule has 2 heterocycles. The van der Waals surface area contributed by atoms with Crippen LogP contribution in [0.25, 0.3) is 21.3 Å². The molecule has 0 aliphatic carbocycles. The molecule has 142 valence electrons. The van der Waals surface area contributed by atoms with E-state index in [2.05, 4.69) is 20.7 Å². The van der Waals surface area contributed by atoms with Gasteiger partial charge in [-0.25, -0.2) is 23.5 Å². The van der Waals surface area contributed by atoms with Crippen LogP contribution in [0.4, 0.5) is 11.5 Å². The molecule has 0 aliphatic heterocycles. The maximum absolute atomic E-state index is 11.8. The Bertz CT molecular complexity index is 1280. The van der Waals surface area contributed by atoms with E-state index in [1.54, 1.807) is 24.3 Å². The Hall–Kier alpha value is -2.81. The number of fused-ring (bicyclic) bond motifs is 1. The van der Waals surface area contributed by atoms with E-state index >= 15 is 0 Å². The van der Waals surface area contributed by atoms with Gasteiger partial charge in [0.05, 0.1) is 10.3 Å². The predicted octanol–water partition coefficient (Wildman–Crippen LogP) is 4.37.